The van der Waals surface area contributed by atoms with Crippen LogP contribution in [0, 0.1) is 0 Å². The van der Waals surface area contributed by atoms with Crippen LogP contribution < -0.4 is 0 Å². The SMILES string of the molecule is O=S(=O)(c1cc(O)ccc1O)C(Br)(Br)Br. The van der Waals surface area contributed by atoms with Crippen LogP contribution in [0.2, 0.25) is 0 Å². The van der Waals surface area contributed by atoms with Crippen LogP contribution in [0.25, 0.3) is 0 Å². The van der Waals surface area contributed by atoms with E-state index in [9.17, 15) is 13.5 Å². The second-order valence-corrected chi connectivity index (χ2v) is 13.0. The maximum atomic E-state index is 11.8. The molecule has 0 aliphatic carbocycles. The van der Waals surface area contributed by atoms with E-state index in [1.165, 1.54) is 6.07 Å². The lowest BCUT2D eigenvalue weighted by Crippen LogP contribution is -2.17. The van der Waals surface area contributed by atoms with Crippen LogP contribution in [0.15, 0.2) is 23.1 Å². The Morgan fingerprint density at radius 2 is 1.67 bits per heavy atom. The van der Waals surface area contributed by atoms with E-state index in [0.717, 1.165) is 12.1 Å². The maximum absolute atomic E-state index is 11.8. The topological polar surface area (TPSA) is 74.6 Å². The number of rotatable bonds is 1. The fourth-order valence-electron chi connectivity index (χ4n) is 0.843. The molecule has 0 bridgehead atoms. The molecule has 0 aliphatic rings. The summed E-state index contributed by atoms with van der Waals surface area (Å²) in [6, 6.07) is 3.25. The van der Waals surface area contributed by atoms with Gasteiger partial charge in [-0.2, -0.15) is 0 Å². The summed E-state index contributed by atoms with van der Waals surface area (Å²) in [6.07, 6.45) is 0. The number of halogens is 3. The number of hydrogen-bond donors (Lipinski definition) is 2. The highest BCUT2D eigenvalue weighted by Gasteiger charge is 2.39. The number of aromatic hydroxyl groups is 2. The predicted molar refractivity (Wildman–Crippen MR) is 66.5 cm³/mol. The standard InChI is InChI=1S/C7H5Br3O4S/c8-7(9,10)15(13,14)6-3-4(11)1-2-5(6)12/h1-3,11-12H. The third-order valence-electron chi connectivity index (χ3n) is 1.54. The van der Waals surface area contributed by atoms with Gasteiger partial charge in [-0.1, -0.05) is 0 Å². The van der Waals surface area contributed by atoms with Gasteiger partial charge >= 0.3 is 0 Å². The van der Waals surface area contributed by atoms with Crippen LogP contribution in [0.4, 0.5) is 0 Å². The van der Waals surface area contributed by atoms with E-state index in [0.29, 0.717) is 0 Å². The number of alkyl halides is 3. The monoisotopic (exact) mass is 422 g/mol. The Balaban J connectivity index is 3.47. The van der Waals surface area contributed by atoms with E-state index in [1.807, 2.05) is 0 Å². The van der Waals surface area contributed by atoms with Crippen molar-refractivity contribution in [3.63, 3.8) is 0 Å². The third-order valence-corrected chi connectivity index (χ3v) is 6.89. The molecule has 84 valence electrons. The summed E-state index contributed by atoms with van der Waals surface area (Å²) in [5.41, 5.74) is 0. The van der Waals surface area contributed by atoms with E-state index in [1.54, 1.807) is 0 Å². The van der Waals surface area contributed by atoms with Crippen molar-refractivity contribution in [2.75, 3.05) is 0 Å². The number of hydrogen-bond acceptors (Lipinski definition) is 4. The van der Waals surface area contributed by atoms with Crippen molar-refractivity contribution in [2.45, 2.75) is 6.37 Å². The van der Waals surface area contributed by atoms with Crippen LogP contribution in [0.5, 0.6) is 11.5 Å². The normalized spacial score (nSPS) is 12.7. The first-order valence-corrected chi connectivity index (χ1v) is 7.36. The highest BCUT2D eigenvalue weighted by Crippen LogP contribution is 2.45. The first kappa shape index (κ1) is 13.3. The lowest BCUT2D eigenvalue weighted by atomic mass is 10.3. The molecule has 0 atom stereocenters. The van der Waals surface area contributed by atoms with Gasteiger partial charge in [0.2, 0.25) is 11.3 Å². The van der Waals surface area contributed by atoms with E-state index >= 15 is 0 Å². The van der Waals surface area contributed by atoms with Gasteiger partial charge in [0.05, 0.1) is 0 Å². The van der Waals surface area contributed by atoms with Gasteiger partial charge in [-0.3, -0.25) is 0 Å². The minimum absolute atomic E-state index is 0.247. The van der Waals surface area contributed by atoms with Crippen molar-refractivity contribution in [2.24, 2.45) is 0 Å². The number of phenolic OH excluding ortho intramolecular Hbond substituents is 2. The second kappa shape index (κ2) is 4.23. The highest BCUT2D eigenvalue weighted by atomic mass is 80.0. The Hall–Kier alpha value is 0.210. The molecule has 8 heteroatoms. The first-order chi connectivity index (χ1) is 6.66. The molecule has 0 amide bonds. The van der Waals surface area contributed by atoms with Crippen molar-refractivity contribution in [1.29, 1.82) is 0 Å². The third kappa shape index (κ3) is 2.66. The molecule has 0 aromatic heterocycles. The average molecular weight is 425 g/mol. The van der Waals surface area contributed by atoms with Gasteiger partial charge < -0.3 is 10.2 Å². The average Bonchev–Trinajstić information content (AvgIpc) is 2.07. The zero-order valence-electron chi connectivity index (χ0n) is 6.99. The zero-order valence-corrected chi connectivity index (χ0v) is 12.6. The molecule has 2 N–H and O–H groups in total. The van der Waals surface area contributed by atoms with Crippen LogP contribution in [0.1, 0.15) is 0 Å². The van der Waals surface area contributed by atoms with Gasteiger partial charge in [-0.15, -0.1) is 0 Å². The van der Waals surface area contributed by atoms with Crippen molar-refractivity contribution in [3.8, 4) is 11.5 Å². The van der Waals surface area contributed by atoms with Crippen LogP contribution >= 0.6 is 47.8 Å². The van der Waals surface area contributed by atoms with Gasteiger partial charge in [0.25, 0.3) is 0 Å². The summed E-state index contributed by atoms with van der Waals surface area (Å²) in [7, 11) is -3.89. The van der Waals surface area contributed by atoms with Crippen molar-refractivity contribution in [1.82, 2.24) is 0 Å². The largest absolute Gasteiger partial charge is 0.508 e. The predicted octanol–water partition coefficient (Wildman–Crippen LogP) is 2.67. The molecule has 0 saturated heterocycles. The molecule has 0 saturated carbocycles. The Morgan fingerprint density at radius 3 is 2.13 bits per heavy atom. The van der Waals surface area contributed by atoms with Crippen molar-refractivity contribution < 1.29 is 18.6 Å². The lowest BCUT2D eigenvalue weighted by Gasteiger charge is -2.14. The molecule has 4 nitrogen and oxygen atoms in total. The maximum Gasteiger partial charge on any atom is 0.239 e. The molecule has 15 heavy (non-hydrogen) atoms. The summed E-state index contributed by atoms with van der Waals surface area (Å²) in [6.45, 7) is 0. The van der Waals surface area contributed by atoms with Gasteiger partial charge in [-0.05, 0) is 59.9 Å². The number of phenols is 2. The minimum atomic E-state index is -3.89. The highest BCUT2D eigenvalue weighted by molar-refractivity contribution is 9.42. The Bertz CT molecular complexity index is 477. The minimum Gasteiger partial charge on any atom is -0.508 e. The summed E-state index contributed by atoms with van der Waals surface area (Å²) in [5, 5.41) is 18.5. The summed E-state index contributed by atoms with van der Waals surface area (Å²) in [5.74, 6) is -0.682. The van der Waals surface area contributed by atoms with Gasteiger partial charge in [0.1, 0.15) is 16.4 Å². The summed E-state index contributed by atoms with van der Waals surface area (Å²) in [4.78, 5) is -0.381. The van der Waals surface area contributed by atoms with Crippen molar-refractivity contribution in [3.05, 3.63) is 18.2 Å². The first-order valence-electron chi connectivity index (χ1n) is 3.49. The molecule has 1 aromatic rings. The number of benzene rings is 1. The van der Waals surface area contributed by atoms with Crippen LogP contribution in [0.3, 0.4) is 0 Å². The Labute approximate surface area is 112 Å². The summed E-state index contributed by atoms with van der Waals surface area (Å²) >= 11 is 8.54. The Morgan fingerprint density at radius 1 is 1.13 bits per heavy atom. The molecule has 0 spiro atoms. The van der Waals surface area contributed by atoms with Crippen molar-refractivity contribution >= 4 is 57.6 Å². The lowest BCUT2D eigenvalue weighted by molar-refractivity contribution is 0.445. The van der Waals surface area contributed by atoms with Crippen LogP contribution in [-0.2, 0) is 9.84 Å². The fourth-order valence-corrected chi connectivity index (χ4v) is 3.28. The fraction of sp³-hybridized carbons (Fsp3) is 0.143. The molecule has 1 aromatic carbocycles. The quantitative estimate of drug-likeness (QED) is 0.537. The second-order valence-electron chi connectivity index (χ2n) is 2.60. The molecule has 1 rings (SSSR count). The molecule has 0 heterocycles. The van der Waals surface area contributed by atoms with E-state index < -0.39 is 17.1 Å². The van der Waals surface area contributed by atoms with E-state index in [-0.39, 0.29) is 10.6 Å². The smallest absolute Gasteiger partial charge is 0.239 e. The van der Waals surface area contributed by atoms with E-state index in [4.69, 9.17) is 5.11 Å². The molecule has 0 aliphatic heterocycles. The van der Waals surface area contributed by atoms with Gasteiger partial charge in [0, 0.05) is 6.07 Å². The van der Waals surface area contributed by atoms with Gasteiger partial charge in [-0.25, -0.2) is 8.42 Å². The molecule has 0 fully saturated rings. The summed E-state index contributed by atoms with van der Waals surface area (Å²) < 4.78 is 22.1. The number of sulfone groups is 1. The molecular weight excluding hydrogens is 420 g/mol. The van der Waals surface area contributed by atoms with Crippen LogP contribution in [-0.4, -0.2) is 20.1 Å². The molecule has 0 unspecified atom stereocenters. The zero-order chi connectivity index (χ0) is 11.9. The molecular formula is C7H5Br3O4S. The van der Waals surface area contributed by atoms with Gasteiger partial charge in [0.15, 0.2) is 0 Å². The van der Waals surface area contributed by atoms with E-state index in [2.05, 4.69) is 47.8 Å². The molecule has 0 radical (unpaired) electrons. The Kier molecular flexibility index (Phi) is 3.74.